The third-order valence-corrected chi connectivity index (χ3v) is 2.45. The van der Waals surface area contributed by atoms with E-state index >= 15 is 0 Å². The van der Waals surface area contributed by atoms with E-state index in [9.17, 15) is 18.4 Å². The number of halogens is 2. The number of hydrogen-bond acceptors (Lipinski definition) is 4. The van der Waals surface area contributed by atoms with Gasteiger partial charge in [0.1, 0.15) is 5.82 Å². The summed E-state index contributed by atoms with van der Waals surface area (Å²) in [6.45, 7) is 1.91. The second-order valence-electron chi connectivity index (χ2n) is 4.02. The van der Waals surface area contributed by atoms with Gasteiger partial charge in [-0.15, -0.1) is 0 Å². The minimum Gasteiger partial charge on any atom is -0.490 e. The van der Waals surface area contributed by atoms with Crippen molar-refractivity contribution in [3.8, 4) is 5.75 Å². The Morgan fingerprint density at radius 1 is 1.20 bits per heavy atom. The maximum atomic E-state index is 13.2. The van der Waals surface area contributed by atoms with Crippen molar-refractivity contribution in [1.29, 1.82) is 0 Å². The van der Waals surface area contributed by atoms with E-state index in [1.807, 2.05) is 0 Å². The predicted molar refractivity (Wildman–Crippen MR) is 67.3 cm³/mol. The van der Waals surface area contributed by atoms with Gasteiger partial charge in [0.05, 0.1) is 13.2 Å². The molecule has 0 N–H and O–H groups in total. The molecule has 1 rings (SSSR count). The van der Waals surface area contributed by atoms with E-state index in [1.54, 1.807) is 6.92 Å². The van der Waals surface area contributed by atoms with Gasteiger partial charge in [-0.05, 0) is 31.9 Å². The van der Waals surface area contributed by atoms with Crippen LogP contribution in [0.2, 0.25) is 0 Å². The highest BCUT2D eigenvalue weighted by molar-refractivity contribution is 6.33. The van der Waals surface area contributed by atoms with E-state index in [4.69, 9.17) is 4.74 Å². The van der Waals surface area contributed by atoms with Gasteiger partial charge in [-0.3, -0.25) is 4.79 Å². The Bertz CT molecular complexity index is 474. The Hall–Kier alpha value is -1.98. The van der Waals surface area contributed by atoms with Crippen LogP contribution in [0.5, 0.6) is 5.75 Å². The molecular formula is C14H16F2O4. The quantitative estimate of drug-likeness (QED) is 0.419. The molecule has 0 amide bonds. The molecule has 0 aromatic heterocycles. The number of benzene rings is 1. The Balaban J connectivity index is 2.24. The maximum Gasteiger partial charge on any atom is 0.374 e. The van der Waals surface area contributed by atoms with Crippen molar-refractivity contribution in [2.24, 2.45) is 0 Å². The Kier molecular flexibility index (Phi) is 6.63. The molecule has 0 saturated carbocycles. The molecule has 110 valence electrons. The third kappa shape index (κ3) is 5.34. The lowest BCUT2D eigenvalue weighted by Crippen LogP contribution is -2.17. The SMILES string of the molecule is CCOC(=O)C(=O)CCCCOc1cc(F)ccc1F. The van der Waals surface area contributed by atoms with E-state index in [-0.39, 0.29) is 25.4 Å². The fraction of sp³-hybridized carbons (Fsp3) is 0.429. The number of hydrogen-bond donors (Lipinski definition) is 0. The summed E-state index contributed by atoms with van der Waals surface area (Å²) < 4.78 is 35.7. The molecule has 0 aliphatic heterocycles. The first-order chi connectivity index (χ1) is 9.54. The van der Waals surface area contributed by atoms with E-state index in [0.717, 1.165) is 18.2 Å². The Morgan fingerprint density at radius 3 is 2.65 bits per heavy atom. The van der Waals surface area contributed by atoms with Crippen LogP contribution in [0.25, 0.3) is 0 Å². The number of carbonyl (C=O) groups is 2. The van der Waals surface area contributed by atoms with Gasteiger partial charge < -0.3 is 9.47 Å². The molecule has 0 unspecified atom stereocenters. The van der Waals surface area contributed by atoms with Crippen LogP contribution in [0.1, 0.15) is 26.2 Å². The van der Waals surface area contributed by atoms with Gasteiger partial charge in [0.2, 0.25) is 5.78 Å². The first-order valence-electron chi connectivity index (χ1n) is 6.32. The maximum absolute atomic E-state index is 13.2. The van der Waals surface area contributed by atoms with Crippen molar-refractivity contribution in [1.82, 2.24) is 0 Å². The lowest BCUT2D eigenvalue weighted by atomic mass is 10.2. The van der Waals surface area contributed by atoms with E-state index < -0.39 is 23.4 Å². The third-order valence-electron chi connectivity index (χ3n) is 2.45. The molecule has 0 aliphatic carbocycles. The van der Waals surface area contributed by atoms with Gasteiger partial charge in [-0.25, -0.2) is 13.6 Å². The van der Waals surface area contributed by atoms with Crippen LogP contribution >= 0.6 is 0 Å². The summed E-state index contributed by atoms with van der Waals surface area (Å²) in [5, 5.41) is 0. The average Bonchev–Trinajstić information content (AvgIpc) is 2.42. The topological polar surface area (TPSA) is 52.6 Å². The fourth-order valence-corrected chi connectivity index (χ4v) is 1.47. The van der Waals surface area contributed by atoms with Crippen LogP contribution in [-0.2, 0) is 14.3 Å². The fourth-order valence-electron chi connectivity index (χ4n) is 1.47. The van der Waals surface area contributed by atoms with Gasteiger partial charge in [-0.2, -0.15) is 0 Å². The van der Waals surface area contributed by atoms with Gasteiger partial charge in [0.25, 0.3) is 0 Å². The van der Waals surface area contributed by atoms with Crippen molar-refractivity contribution < 1.29 is 27.8 Å². The lowest BCUT2D eigenvalue weighted by molar-refractivity contribution is -0.153. The summed E-state index contributed by atoms with van der Waals surface area (Å²) in [7, 11) is 0. The molecule has 0 heterocycles. The van der Waals surface area contributed by atoms with Crippen LogP contribution in [0.3, 0.4) is 0 Å². The number of Topliss-reactive ketones (excluding diaryl/α,β-unsaturated/α-hetero) is 1. The number of rotatable bonds is 8. The summed E-state index contributed by atoms with van der Waals surface area (Å²) >= 11 is 0. The zero-order valence-electron chi connectivity index (χ0n) is 11.2. The summed E-state index contributed by atoms with van der Waals surface area (Å²) in [5.41, 5.74) is 0. The molecular weight excluding hydrogens is 270 g/mol. The monoisotopic (exact) mass is 286 g/mol. The highest BCUT2D eigenvalue weighted by Gasteiger charge is 2.13. The second-order valence-corrected chi connectivity index (χ2v) is 4.02. The Morgan fingerprint density at radius 2 is 1.95 bits per heavy atom. The van der Waals surface area contributed by atoms with Crippen molar-refractivity contribution in [2.45, 2.75) is 26.2 Å². The van der Waals surface area contributed by atoms with E-state index in [2.05, 4.69) is 4.74 Å². The number of ketones is 1. The summed E-state index contributed by atoms with van der Waals surface area (Å²) in [5.74, 6) is -2.83. The molecule has 0 saturated heterocycles. The Labute approximate surface area is 115 Å². The van der Waals surface area contributed by atoms with Crippen molar-refractivity contribution in [3.05, 3.63) is 29.8 Å². The summed E-state index contributed by atoms with van der Waals surface area (Å²) in [4.78, 5) is 22.3. The highest BCUT2D eigenvalue weighted by atomic mass is 19.1. The van der Waals surface area contributed by atoms with Crippen LogP contribution in [0.4, 0.5) is 8.78 Å². The number of unbranched alkanes of at least 4 members (excludes halogenated alkanes) is 1. The molecule has 0 radical (unpaired) electrons. The number of carbonyl (C=O) groups excluding carboxylic acids is 2. The zero-order valence-corrected chi connectivity index (χ0v) is 11.2. The lowest BCUT2D eigenvalue weighted by Gasteiger charge is -2.07. The first-order valence-corrected chi connectivity index (χ1v) is 6.32. The van der Waals surface area contributed by atoms with Crippen molar-refractivity contribution in [3.63, 3.8) is 0 Å². The van der Waals surface area contributed by atoms with Gasteiger partial charge in [0, 0.05) is 12.5 Å². The van der Waals surface area contributed by atoms with Gasteiger partial charge >= 0.3 is 5.97 Å². The van der Waals surface area contributed by atoms with Crippen LogP contribution in [-0.4, -0.2) is 25.0 Å². The molecule has 0 aliphatic rings. The molecule has 20 heavy (non-hydrogen) atoms. The van der Waals surface area contributed by atoms with E-state index in [0.29, 0.717) is 12.8 Å². The summed E-state index contributed by atoms with van der Waals surface area (Å²) in [6.07, 6.45) is 0.906. The standard InChI is InChI=1S/C14H16F2O4/c1-2-19-14(18)12(17)5-3-4-8-20-13-9-10(15)6-7-11(13)16/h6-7,9H,2-5,8H2,1H3. The number of ether oxygens (including phenoxy) is 2. The molecule has 4 nitrogen and oxygen atoms in total. The largest absolute Gasteiger partial charge is 0.490 e. The van der Waals surface area contributed by atoms with Crippen LogP contribution < -0.4 is 4.74 Å². The van der Waals surface area contributed by atoms with Crippen LogP contribution in [0, 0.1) is 11.6 Å². The van der Waals surface area contributed by atoms with Crippen LogP contribution in [0.15, 0.2) is 18.2 Å². The number of esters is 1. The minimum absolute atomic E-state index is 0.0494. The van der Waals surface area contributed by atoms with Gasteiger partial charge in [0.15, 0.2) is 11.6 Å². The van der Waals surface area contributed by atoms with Crippen molar-refractivity contribution >= 4 is 11.8 Å². The van der Waals surface area contributed by atoms with E-state index in [1.165, 1.54) is 0 Å². The van der Waals surface area contributed by atoms with Crippen molar-refractivity contribution in [2.75, 3.05) is 13.2 Å². The average molecular weight is 286 g/mol. The van der Waals surface area contributed by atoms with Gasteiger partial charge in [-0.1, -0.05) is 0 Å². The molecule has 1 aromatic rings. The smallest absolute Gasteiger partial charge is 0.374 e. The normalized spacial score (nSPS) is 10.2. The molecule has 0 fully saturated rings. The molecule has 6 heteroatoms. The highest BCUT2D eigenvalue weighted by Crippen LogP contribution is 2.18. The molecule has 0 spiro atoms. The molecule has 0 bridgehead atoms. The molecule has 1 aromatic carbocycles. The second kappa shape index (κ2) is 8.24. The molecule has 0 atom stereocenters. The minimum atomic E-state index is -0.843. The predicted octanol–water partition coefficient (Wildman–Crippen LogP) is 2.65. The first kappa shape index (κ1) is 16.1. The zero-order chi connectivity index (χ0) is 15.0. The summed E-state index contributed by atoms with van der Waals surface area (Å²) in [6, 6.07) is 2.94.